The van der Waals surface area contributed by atoms with Gasteiger partial charge in [0.15, 0.2) is 0 Å². The minimum Gasteiger partial charge on any atom is -0.466 e. The molecule has 20 heavy (non-hydrogen) atoms. The highest BCUT2D eigenvalue weighted by Crippen LogP contribution is 2.22. The Balaban J connectivity index is 2.73. The van der Waals surface area contributed by atoms with E-state index >= 15 is 0 Å². The molecular weight excluding hydrogens is 252 g/mol. The van der Waals surface area contributed by atoms with Crippen molar-refractivity contribution in [2.45, 2.75) is 20.3 Å². The fourth-order valence-corrected chi connectivity index (χ4v) is 2.00. The van der Waals surface area contributed by atoms with Gasteiger partial charge in [-0.15, -0.1) is 0 Å². The van der Waals surface area contributed by atoms with Crippen molar-refractivity contribution in [2.24, 2.45) is 0 Å². The topological polar surface area (TPSA) is 41.6 Å². The van der Waals surface area contributed by atoms with Gasteiger partial charge in [-0.05, 0) is 31.0 Å². The number of esters is 1. The Morgan fingerprint density at radius 3 is 2.65 bits per heavy atom. The summed E-state index contributed by atoms with van der Waals surface area (Å²) in [4.78, 5) is 13.5. The maximum Gasteiger partial charge on any atom is 0.333 e. The van der Waals surface area contributed by atoms with Crippen LogP contribution in [0.3, 0.4) is 0 Å². The molecule has 0 aliphatic carbocycles. The molecule has 0 bridgehead atoms. The van der Waals surface area contributed by atoms with Gasteiger partial charge in [-0.25, -0.2) is 4.79 Å². The summed E-state index contributed by atoms with van der Waals surface area (Å²) >= 11 is 0. The van der Waals surface area contributed by atoms with Crippen molar-refractivity contribution >= 4 is 17.3 Å². The lowest BCUT2D eigenvalue weighted by Crippen LogP contribution is -2.11. The normalized spacial score (nSPS) is 11.2. The van der Waals surface area contributed by atoms with Gasteiger partial charge >= 0.3 is 5.97 Å². The lowest BCUT2D eigenvalue weighted by molar-refractivity contribution is -0.136. The van der Waals surface area contributed by atoms with E-state index in [4.69, 9.17) is 4.74 Å². The van der Waals surface area contributed by atoms with Crippen LogP contribution in [0.2, 0.25) is 0 Å². The van der Waals surface area contributed by atoms with Crippen molar-refractivity contribution in [3.63, 3.8) is 0 Å². The van der Waals surface area contributed by atoms with Crippen LogP contribution in [0.25, 0.3) is 0 Å². The predicted molar refractivity (Wildman–Crippen MR) is 84.4 cm³/mol. The quantitative estimate of drug-likeness (QED) is 0.640. The summed E-state index contributed by atoms with van der Waals surface area (Å²) in [5, 5.41) is 3.30. The molecule has 0 spiro atoms. The van der Waals surface area contributed by atoms with E-state index in [1.54, 1.807) is 0 Å². The largest absolute Gasteiger partial charge is 0.466 e. The highest BCUT2D eigenvalue weighted by molar-refractivity contribution is 5.88. The van der Waals surface area contributed by atoms with Crippen molar-refractivity contribution < 1.29 is 9.53 Å². The molecule has 0 amide bonds. The van der Waals surface area contributed by atoms with Gasteiger partial charge in [-0.2, -0.15) is 0 Å². The number of carbonyl (C=O) groups excluding carboxylic acids is 1. The predicted octanol–water partition coefficient (Wildman–Crippen LogP) is 2.98. The van der Waals surface area contributed by atoms with Crippen LogP contribution in [-0.4, -0.2) is 33.7 Å². The Hall–Kier alpha value is -1.97. The molecule has 0 radical (unpaired) electrons. The van der Waals surface area contributed by atoms with Gasteiger partial charge in [0.25, 0.3) is 0 Å². The number of nitrogens with one attached hydrogen (secondary N) is 1. The highest BCUT2D eigenvalue weighted by Gasteiger charge is 2.06. The Kier molecular flexibility index (Phi) is 6.10. The molecule has 4 heteroatoms. The molecule has 110 valence electrons. The van der Waals surface area contributed by atoms with E-state index < -0.39 is 0 Å². The van der Waals surface area contributed by atoms with E-state index in [9.17, 15) is 4.79 Å². The van der Waals surface area contributed by atoms with Crippen LogP contribution in [0.5, 0.6) is 0 Å². The van der Waals surface area contributed by atoms with Crippen LogP contribution >= 0.6 is 0 Å². The molecule has 1 aromatic rings. The number of rotatable bonds is 6. The fourth-order valence-electron chi connectivity index (χ4n) is 2.00. The number of anilines is 2. The Labute approximate surface area is 121 Å². The van der Waals surface area contributed by atoms with Gasteiger partial charge in [0.2, 0.25) is 0 Å². The van der Waals surface area contributed by atoms with Crippen LogP contribution in [0, 0.1) is 6.92 Å². The highest BCUT2D eigenvalue weighted by atomic mass is 16.5. The van der Waals surface area contributed by atoms with Gasteiger partial charge in [0.1, 0.15) is 0 Å². The molecule has 1 rings (SSSR count). The van der Waals surface area contributed by atoms with Gasteiger partial charge < -0.3 is 15.0 Å². The van der Waals surface area contributed by atoms with E-state index in [0.717, 1.165) is 5.69 Å². The first kappa shape index (κ1) is 16.1. The molecule has 0 fully saturated rings. The molecule has 0 aromatic heterocycles. The van der Waals surface area contributed by atoms with E-state index in [1.807, 2.05) is 33.2 Å². The zero-order valence-corrected chi connectivity index (χ0v) is 13.0. The number of aryl methyl sites for hydroxylation is 1. The first-order chi connectivity index (χ1) is 9.49. The average molecular weight is 276 g/mol. The second kappa shape index (κ2) is 7.58. The smallest absolute Gasteiger partial charge is 0.333 e. The molecule has 1 aromatic carbocycles. The first-order valence-corrected chi connectivity index (χ1v) is 6.78. The minimum atomic E-state index is -0.257. The minimum absolute atomic E-state index is 0.257. The SMILES string of the molecule is CC/C(=C/CNc1ccc(C)c(N(C)C)c1)C(=O)OC. The van der Waals surface area contributed by atoms with Crippen LogP contribution in [-0.2, 0) is 9.53 Å². The van der Waals surface area contributed by atoms with E-state index in [2.05, 4.69) is 29.3 Å². The molecule has 0 heterocycles. The lowest BCUT2D eigenvalue weighted by atomic mass is 10.1. The molecule has 0 aliphatic heterocycles. The third-order valence-electron chi connectivity index (χ3n) is 3.17. The third kappa shape index (κ3) is 4.30. The number of carbonyl (C=O) groups is 1. The lowest BCUT2D eigenvalue weighted by Gasteiger charge is -2.17. The monoisotopic (exact) mass is 276 g/mol. The van der Waals surface area contributed by atoms with Gasteiger partial charge in [-0.1, -0.05) is 19.1 Å². The molecule has 0 atom stereocenters. The molecule has 0 saturated carbocycles. The zero-order chi connectivity index (χ0) is 15.1. The number of hydrogen-bond donors (Lipinski definition) is 1. The third-order valence-corrected chi connectivity index (χ3v) is 3.17. The average Bonchev–Trinajstić information content (AvgIpc) is 2.44. The van der Waals surface area contributed by atoms with Crippen molar-refractivity contribution in [1.29, 1.82) is 0 Å². The summed E-state index contributed by atoms with van der Waals surface area (Å²) < 4.78 is 4.73. The number of nitrogens with zero attached hydrogens (tertiary/aromatic N) is 1. The maximum atomic E-state index is 11.4. The Morgan fingerprint density at radius 2 is 2.10 bits per heavy atom. The van der Waals surface area contributed by atoms with Crippen LogP contribution < -0.4 is 10.2 Å². The summed E-state index contributed by atoms with van der Waals surface area (Å²) in [6.45, 7) is 4.64. The molecule has 4 nitrogen and oxygen atoms in total. The van der Waals surface area contributed by atoms with Crippen LogP contribution in [0.15, 0.2) is 29.8 Å². The second-order valence-corrected chi connectivity index (χ2v) is 4.85. The second-order valence-electron chi connectivity index (χ2n) is 4.85. The summed E-state index contributed by atoms with van der Waals surface area (Å²) in [6.07, 6.45) is 2.55. The Morgan fingerprint density at radius 1 is 1.40 bits per heavy atom. The summed E-state index contributed by atoms with van der Waals surface area (Å²) in [6, 6.07) is 6.23. The van der Waals surface area contributed by atoms with E-state index in [-0.39, 0.29) is 5.97 Å². The fraction of sp³-hybridized carbons (Fsp3) is 0.438. The molecule has 0 unspecified atom stereocenters. The maximum absolute atomic E-state index is 11.4. The molecular formula is C16H24N2O2. The summed E-state index contributed by atoms with van der Waals surface area (Å²) in [7, 11) is 5.46. The van der Waals surface area contributed by atoms with Gasteiger partial charge in [0.05, 0.1) is 7.11 Å². The standard InChI is InChI=1S/C16H24N2O2/c1-6-13(16(19)20-5)9-10-17-14-8-7-12(2)15(11-14)18(3)4/h7-9,11,17H,6,10H2,1-5H3/b13-9-. The van der Waals surface area contributed by atoms with Crippen molar-refractivity contribution in [1.82, 2.24) is 0 Å². The number of hydrogen-bond acceptors (Lipinski definition) is 4. The van der Waals surface area contributed by atoms with Gasteiger partial charge in [-0.3, -0.25) is 0 Å². The first-order valence-electron chi connectivity index (χ1n) is 6.78. The number of methoxy groups -OCH3 is 1. The van der Waals surface area contributed by atoms with Crippen LogP contribution in [0.4, 0.5) is 11.4 Å². The molecule has 1 N–H and O–H groups in total. The van der Waals surface area contributed by atoms with E-state index in [1.165, 1.54) is 18.4 Å². The van der Waals surface area contributed by atoms with Crippen molar-refractivity contribution in [3.8, 4) is 0 Å². The van der Waals surface area contributed by atoms with Gasteiger partial charge in [0, 0.05) is 37.6 Å². The van der Waals surface area contributed by atoms with Crippen molar-refractivity contribution in [2.75, 3.05) is 38.0 Å². The Bertz CT molecular complexity index is 493. The summed E-state index contributed by atoms with van der Waals surface area (Å²) in [5.74, 6) is -0.257. The number of benzene rings is 1. The van der Waals surface area contributed by atoms with Crippen molar-refractivity contribution in [3.05, 3.63) is 35.4 Å². The molecule has 0 aliphatic rings. The zero-order valence-electron chi connectivity index (χ0n) is 13.0. The van der Waals surface area contributed by atoms with E-state index in [0.29, 0.717) is 18.5 Å². The summed E-state index contributed by atoms with van der Waals surface area (Å²) in [5.41, 5.74) is 4.15. The molecule has 0 saturated heterocycles. The van der Waals surface area contributed by atoms with Crippen LogP contribution in [0.1, 0.15) is 18.9 Å². The number of ether oxygens (including phenoxy) is 1.